The van der Waals surface area contributed by atoms with Crippen molar-refractivity contribution in [3.8, 4) is 0 Å². The molecular weight excluding hydrogens is 242 g/mol. The normalized spacial score (nSPS) is 19.4. The molecule has 0 heterocycles. The Balaban J connectivity index is 2.03. The van der Waals surface area contributed by atoms with Crippen LogP contribution in [0.5, 0.6) is 0 Å². The van der Waals surface area contributed by atoms with E-state index in [1.807, 2.05) is 0 Å². The smallest absolute Gasteiger partial charge is 0.0244 e. The van der Waals surface area contributed by atoms with Crippen molar-refractivity contribution in [2.24, 2.45) is 11.7 Å². The maximum absolute atomic E-state index is 6.85. The van der Waals surface area contributed by atoms with Crippen molar-refractivity contribution in [1.82, 2.24) is 0 Å². The highest BCUT2D eigenvalue weighted by Gasteiger charge is 2.41. The Morgan fingerprint density at radius 3 is 2.30 bits per heavy atom. The largest absolute Gasteiger partial charge is 0.324 e. The molecule has 1 aliphatic carbocycles. The molecule has 1 aromatic carbocycles. The van der Waals surface area contributed by atoms with Crippen LogP contribution in [0.2, 0.25) is 0 Å². The summed E-state index contributed by atoms with van der Waals surface area (Å²) in [5, 5.41) is 0. The second-order valence-electron chi connectivity index (χ2n) is 7.19. The quantitative estimate of drug-likeness (QED) is 0.740. The summed E-state index contributed by atoms with van der Waals surface area (Å²) in [5.74, 6) is 0.996. The monoisotopic (exact) mass is 273 g/mol. The van der Waals surface area contributed by atoms with Crippen LogP contribution in [-0.2, 0) is 5.41 Å². The van der Waals surface area contributed by atoms with E-state index in [1.54, 1.807) is 0 Å². The van der Waals surface area contributed by atoms with E-state index in [4.69, 9.17) is 5.73 Å². The molecule has 2 N–H and O–H groups in total. The van der Waals surface area contributed by atoms with Gasteiger partial charge in [0.25, 0.3) is 0 Å². The Morgan fingerprint density at radius 1 is 1.15 bits per heavy atom. The summed E-state index contributed by atoms with van der Waals surface area (Å²) in [5.41, 5.74) is 8.15. The summed E-state index contributed by atoms with van der Waals surface area (Å²) in [6, 6.07) is 10.8. The van der Waals surface area contributed by atoms with E-state index in [0.29, 0.717) is 0 Å². The summed E-state index contributed by atoms with van der Waals surface area (Å²) in [6.45, 7) is 6.87. The third-order valence-corrected chi connectivity index (χ3v) is 5.83. The van der Waals surface area contributed by atoms with Gasteiger partial charge in [-0.05, 0) is 24.3 Å². The molecule has 0 amide bonds. The van der Waals surface area contributed by atoms with Gasteiger partial charge in [0.1, 0.15) is 0 Å². The SMILES string of the molecule is CCC(N)(CCCC1CCC1)C(C)(C)c1ccccc1. The Labute approximate surface area is 125 Å². The van der Waals surface area contributed by atoms with Gasteiger partial charge in [-0.15, -0.1) is 0 Å². The van der Waals surface area contributed by atoms with E-state index < -0.39 is 0 Å². The molecule has 1 atom stereocenters. The van der Waals surface area contributed by atoms with Crippen molar-refractivity contribution in [3.05, 3.63) is 35.9 Å². The number of rotatable bonds is 7. The van der Waals surface area contributed by atoms with Gasteiger partial charge in [0.05, 0.1) is 0 Å². The lowest BCUT2D eigenvalue weighted by Crippen LogP contribution is -2.55. The molecule has 1 nitrogen and oxygen atoms in total. The fourth-order valence-electron chi connectivity index (χ4n) is 3.56. The van der Waals surface area contributed by atoms with Crippen LogP contribution in [0.4, 0.5) is 0 Å². The zero-order valence-corrected chi connectivity index (χ0v) is 13.5. The van der Waals surface area contributed by atoms with E-state index in [9.17, 15) is 0 Å². The van der Waals surface area contributed by atoms with Gasteiger partial charge in [0, 0.05) is 11.0 Å². The van der Waals surface area contributed by atoms with Crippen LogP contribution in [0, 0.1) is 5.92 Å². The van der Waals surface area contributed by atoms with Crippen LogP contribution in [-0.4, -0.2) is 5.54 Å². The highest BCUT2D eigenvalue weighted by Crippen LogP contribution is 2.40. The fraction of sp³-hybridized carbons (Fsp3) is 0.684. The lowest BCUT2D eigenvalue weighted by atomic mass is 9.64. The van der Waals surface area contributed by atoms with Crippen molar-refractivity contribution in [2.75, 3.05) is 0 Å². The second kappa shape index (κ2) is 6.30. The molecule has 0 radical (unpaired) electrons. The van der Waals surface area contributed by atoms with Gasteiger partial charge in [-0.25, -0.2) is 0 Å². The molecule has 0 aliphatic heterocycles. The molecule has 1 saturated carbocycles. The van der Waals surface area contributed by atoms with Crippen molar-refractivity contribution in [1.29, 1.82) is 0 Å². The van der Waals surface area contributed by atoms with Crippen LogP contribution in [0.15, 0.2) is 30.3 Å². The maximum atomic E-state index is 6.85. The number of nitrogens with two attached hydrogens (primary N) is 1. The molecular formula is C19H31N. The van der Waals surface area contributed by atoms with E-state index >= 15 is 0 Å². The predicted molar refractivity (Wildman–Crippen MR) is 87.9 cm³/mol. The van der Waals surface area contributed by atoms with Crippen LogP contribution < -0.4 is 5.73 Å². The summed E-state index contributed by atoms with van der Waals surface area (Å²) in [6.07, 6.45) is 9.19. The molecule has 0 saturated heterocycles. The van der Waals surface area contributed by atoms with Gasteiger partial charge in [-0.1, -0.05) is 83.2 Å². The van der Waals surface area contributed by atoms with Gasteiger partial charge in [0.2, 0.25) is 0 Å². The molecule has 0 bridgehead atoms. The van der Waals surface area contributed by atoms with E-state index in [1.165, 1.54) is 37.7 Å². The van der Waals surface area contributed by atoms with Crippen molar-refractivity contribution >= 4 is 0 Å². The first-order chi connectivity index (χ1) is 9.49. The van der Waals surface area contributed by atoms with E-state index in [-0.39, 0.29) is 11.0 Å². The minimum Gasteiger partial charge on any atom is -0.324 e. The topological polar surface area (TPSA) is 26.0 Å². The maximum Gasteiger partial charge on any atom is 0.0244 e. The first-order valence-corrected chi connectivity index (χ1v) is 8.34. The summed E-state index contributed by atoms with van der Waals surface area (Å²) >= 11 is 0. The Morgan fingerprint density at radius 2 is 1.80 bits per heavy atom. The minimum atomic E-state index is -0.0991. The van der Waals surface area contributed by atoms with Crippen LogP contribution in [0.1, 0.15) is 71.3 Å². The molecule has 1 heteroatoms. The fourth-order valence-corrected chi connectivity index (χ4v) is 3.56. The molecule has 0 spiro atoms. The van der Waals surface area contributed by atoms with Crippen molar-refractivity contribution in [3.63, 3.8) is 0 Å². The van der Waals surface area contributed by atoms with Crippen LogP contribution >= 0.6 is 0 Å². The Bertz CT molecular complexity index is 405. The Kier molecular flexibility index (Phi) is 4.90. The van der Waals surface area contributed by atoms with Gasteiger partial charge in [-0.2, -0.15) is 0 Å². The summed E-state index contributed by atoms with van der Waals surface area (Å²) in [7, 11) is 0. The second-order valence-corrected chi connectivity index (χ2v) is 7.19. The van der Waals surface area contributed by atoms with Gasteiger partial charge in [0.15, 0.2) is 0 Å². The standard InChI is InChI=1S/C19H31N/c1-4-19(20,15-9-12-16-10-8-11-16)18(2,3)17-13-6-5-7-14-17/h5-7,13-14,16H,4,8-12,15,20H2,1-3H3. The molecule has 1 aliphatic rings. The lowest BCUT2D eigenvalue weighted by Gasteiger charge is -2.45. The van der Waals surface area contributed by atoms with Crippen molar-refractivity contribution < 1.29 is 0 Å². The molecule has 0 aromatic heterocycles. The molecule has 2 rings (SSSR count). The lowest BCUT2D eigenvalue weighted by molar-refractivity contribution is 0.206. The molecule has 20 heavy (non-hydrogen) atoms. The highest BCUT2D eigenvalue weighted by molar-refractivity contribution is 5.28. The van der Waals surface area contributed by atoms with E-state index in [0.717, 1.165) is 18.8 Å². The Hall–Kier alpha value is -0.820. The highest BCUT2D eigenvalue weighted by atomic mass is 14.8. The third kappa shape index (κ3) is 3.09. The number of hydrogen-bond acceptors (Lipinski definition) is 1. The summed E-state index contributed by atoms with van der Waals surface area (Å²) in [4.78, 5) is 0. The average Bonchev–Trinajstić information content (AvgIpc) is 2.42. The first kappa shape index (κ1) is 15.6. The van der Waals surface area contributed by atoms with E-state index in [2.05, 4.69) is 51.1 Å². The van der Waals surface area contributed by atoms with Crippen molar-refractivity contribution in [2.45, 2.75) is 76.7 Å². The minimum absolute atomic E-state index is 0.0304. The number of benzene rings is 1. The van der Waals surface area contributed by atoms with Gasteiger partial charge >= 0.3 is 0 Å². The summed E-state index contributed by atoms with van der Waals surface area (Å²) < 4.78 is 0. The van der Waals surface area contributed by atoms with Gasteiger partial charge < -0.3 is 5.73 Å². The van der Waals surface area contributed by atoms with Crippen LogP contribution in [0.25, 0.3) is 0 Å². The van der Waals surface area contributed by atoms with Crippen LogP contribution in [0.3, 0.4) is 0 Å². The molecule has 1 fully saturated rings. The predicted octanol–water partition coefficient (Wildman–Crippen LogP) is 5.04. The van der Waals surface area contributed by atoms with Gasteiger partial charge in [-0.3, -0.25) is 0 Å². The first-order valence-electron chi connectivity index (χ1n) is 8.34. The molecule has 112 valence electrons. The number of hydrogen-bond donors (Lipinski definition) is 1. The zero-order chi connectivity index (χ0) is 14.6. The molecule has 1 aromatic rings. The molecule has 1 unspecified atom stereocenters. The third-order valence-electron chi connectivity index (χ3n) is 5.83. The zero-order valence-electron chi connectivity index (χ0n) is 13.5. The average molecular weight is 273 g/mol.